The Hall–Kier alpha value is -1.35. The third-order valence-electron chi connectivity index (χ3n) is 1.29. The van der Waals surface area contributed by atoms with Crippen LogP contribution in [0, 0.1) is 0 Å². The van der Waals surface area contributed by atoms with Gasteiger partial charge in [-0.1, -0.05) is 12.2 Å². The molecule has 0 aliphatic rings. The fourth-order valence-corrected chi connectivity index (χ4v) is 0.754. The number of pyridine rings is 1. The van der Waals surface area contributed by atoms with Gasteiger partial charge in [0.1, 0.15) is 0 Å². The summed E-state index contributed by atoms with van der Waals surface area (Å²) in [6.07, 6.45) is 6.69. The first-order valence-corrected chi connectivity index (χ1v) is 3.38. The van der Waals surface area contributed by atoms with Crippen LogP contribution in [0.2, 0.25) is 0 Å². The van der Waals surface area contributed by atoms with Crippen molar-refractivity contribution in [3.8, 4) is 0 Å². The van der Waals surface area contributed by atoms with Gasteiger partial charge in [0.05, 0.1) is 0 Å². The third-order valence-corrected chi connectivity index (χ3v) is 1.29. The molecule has 0 aliphatic heterocycles. The lowest BCUT2D eigenvalue weighted by Gasteiger charge is -1.88. The van der Waals surface area contributed by atoms with Crippen LogP contribution in [-0.4, -0.2) is 11.5 Å². The van der Waals surface area contributed by atoms with Gasteiger partial charge in [0, 0.05) is 30.6 Å². The van der Waals surface area contributed by atoms with Crippen LogP contribution in [0.25, 0.3) is 6.08 Å². The Kier molecular flexibility index (Phi) is 2.63. The van der Waals surface area contributed by atoms with Crippen LogP contribution in [0.3, 0.4) is 0 Å². The molecular formula is C8H10N2O. The topological polar surface area (TPSA) is 58.9 Å². The van der Waals surface area contributed by atoms with Crippen molar-refractivity contribution in [2.24, 2.45) is 5.73 Å². The molecular weight excluding hydrogens is 140 g/mol. The fraction of sp³-hybridized carbons (Fsp3) is 0.125. The molecule has 0 radical (unpaired) electrons. The predicted octanol–water partition coefficient (Wildman–Crippen LogP) is 0.347. The van der Waals surface area contributed by atoms with Crippen molar-refractivity contribution < 1.29 is 0 Å². The van der Waals surface area contributed by atoms with E-state index in [1.807, 2.05) is 0 Å². The fourth-order valence-electron chi connectivity index (χ4n) is 0.754. The highest BCUT2D eigenvalue weighted by Crippen LogP contribution is 1.89. The molecule has 0 spiro atoms. The van der Waals surface area contributed by atoms with Gasteiger partial charge in [-0.15, -0.1) is 0 Å². The van der Waals surface area contributed by atoms with Gasteiger partial charge in [-0.05, 0) is 0 Å². The van der Waals surface area contributed by atoms with Crippen molar-refractivity contribution in [3.63, 3.8) is 0 Å². The molecule has 0 aromatic carbocycles. The normalized spacial score (nSPS) is 10.6. The summed E-state index contributed by atoms with van der Waals surface area (Å²) < 4.78 is 0. The third kappa shape index (κ3) is 2.05. The monoisotopic (exact) mass is 150 g/mol. The molecule has 1 heterocycles. The van der Waals surface area contributed by atoms with Gasteiger partial charge in [-0.2, -0.15) is 0 Å². The van der Waals surface area contributed by atoms with Crippen LogP contribution in [0.1, 0.15) is 5.56 Å². The molecule has 3 N–H and O–H groups in total. The van der Waals surface area contributed by atoms with E-state index in [0.717, 1.165) is 0 Å². The highest BCUT2D eigenvalue weighted by Gasteiger charge is 1.89. The lowest BCUT2D eigenvalue weighted by Crippen LogP contribution is -2.02. The highest BCUT2D eigenvalue weighted by atomic mass is 16.1. The number of aromatic nitrogens is 1. The lowest BCUT2D eigenvalue weighted by molar-refractivity contribution is 1.25. The maximum atomic E-state index is 11.0. The van der Waals surface area contributed by atoms with Crippen LogP contribution in [0.15, 0.2) is 29.3 Å². The van der Waals surface area contributed by atoms with E-state index in [-0.39, 0.29) is 5.43 Å². The van der Waals surface area contributed by atoms with Crippen molar-refractivity contribution in [2.45, 2.75) is 0 Å². The SMILES string of the molecule is NCC=Cc1c[nH]ccc1=O. The second kappa shape index (κ2) is 3.73. The Morgan fingerprint density at radius 2 is 2.45 bits per heavy atom. The zero-order valence-corrected chi connectivity index (χ0v) is 6.08. The number of hydrogen-bond acceptors (Lipinski definition) is 2. The molecule has 3 heteroatoms. The summed E-state index contributed by atoms with van der Waals surface area (Å²) in [6, 6.07) is 1.48. The highest BCUT2D eigenvalue weighted by molar-refractivity contribution is 5.47. The van der Waals surface area contributed by atoms with E-state index in [1.54, 1.807) is 24.5 Å². The zero-order chi connectivity index (χ0) is 8.10. The number of rotatable bonds is 2. The molecule has 0 aliphatic carbocycles. The Morgan fingerprint density at radius 3 is 3.09 bits per heavy atom. The summed E-state index contributed by atoms with van der Waals surface area (Å²) in [7, 11) is 0. The number of nitrogens with one attached hydrogen (secondary N) is 1. The standard InChI is InChI=1S/C8H10N2O/c9-4-1-2-7-6-10-5-3-8(7)11/h1-3,5-6H,4,9H2,(H,10,11). The minimum absolute atomic E-state index is 0.00782. The van der Waals surface area contributed by atoms with E-state index in [9.17, 15) is 4.79 Å². The molecule has 0 saturated carbocycles. The van der Waals surface area contributed by atoms with E-state index >= 15 is 0 Å². The quantitative estimate of drug-likeness (QED) is 0.639. The van der Waals surface area contributed by atoms with Gasteiger partial charge in [0.15, 0.2) is 5.43 Å². The summed E-state index contributed by atoms with van der Waals surface area (Å²) in [5, 5.41) is 0. The largest absolute Gasteiger partial charge is 0.367 e. The predicted molar refractivity (Wildman–Crippen MR) is 45.2 cm³/mol. The Labute approximate surface area is 64.6 Å². The van der Waals surface area contributed by atoms with Gasteiger partial charge >= 0.3 is 0 Å². The zero-order valence-electron chi connectivity index (χ0n) is 6.08. The number of nitrogens with two attached hydrogens (primary N) is 1. The molecule has 1 aromatic rings. The van der Waals surface area contributed by atoms with E-state index < -0.39 is 0 Å². The molecule has 0 unspecified atom stereocenters. The van der Waals surface area contributed by atoms with E-state index in [0.29, 0.717) is 12.1 Å². The summed E-state index contributed by atoms with van der Waals surface area (Å²) in [6.45, 7) is 0.453. The van der Waals surface area contributed by atoms with Gasteiger partial charge in [0.2, 0.25) is 0 Å². The average molecular weight is 150 g/mol. The van der Waals surface area contributed by atoms with Gasteiger partial charge in [-0.25, -0.2) is 0 Å². The first-order valence-electron chi connectivity index (χ1n) is 3.38. The minimum atomic E-state index is 0.00782. The Morgan fingerprint density at radius 1 is 1.64 bits per heavy atom. The second-order valence-corrected chi connectivity index (χ2v) is 2.10. The number of H-pyrrole nitrogens is 1. The van der Waals surface area contributed by atoms with E-state index in [2.05, 4.69) is 4.98 Å². The summed E-state index contributed by atoms with van der Waals surface area (Å²) in [4.78, 5) is 13.8. The number of aromatic amines is 1. The van der Waals surface area contributed by atoms with Crippen LogP contribution >= 0.6 is 0 Å². The maximum absolute atomic E-state index is 11.0. The first-order chi connectivity index (χ1) is 5.34. The number of hydrogen-bond donors (Lipinski definition) is 2. The average Bonchev–Trinajstić information content (AvgIpc) is 2.03. The van der Waals surface area contributed by atoms with Gasteiger partial charge in [-0.3, -0.25) is 4.79 Å². The molecule has 0 saturated heterocycles. The Balaban J connectivity index is 2.95. The first kappa shape index (κ1) is 7.75. The maximum Gasteiger partial charge on any atom is 0.188 e. The van der Waals surface area contributed by atoms with Crippen molar-refractivity contribution in [3.05, 3.63) is 40.3 Å². The van der Waals surface area contributed by atoms with E-state index in [1.165, 1.54) is 6.07 Å². The van der Waals surface area contributed by atoms with Crippen molar-refractivity contribution in [1.29, 1.82) is 0 Å². The molecule has 1 aromatic heterocycles. The van der Waals surface area contributed by atoms with Crippen molar-refractivity contribution in [2.75, 3.05) is 6.54 Å². The summed E-state index contributed by atoms with van der Waals surface area (Å²) >= 11 is 0. The molecule has 1 rings (SSSR count). The summed E-state index contributed by atoms with van der Waals surface area (Å²) in [5.74, 6) is 0. The van der Waals surface area contributed by atoms with Crippen LogP contribution < -0.4 is 11.2 Å². The molecule has 58 valence electrons. The van der Waals surface area contributed by atoms with Crippen LogP contribution in [-0.2, 0) is 0 Å². The molecule has 11 heavy (non-hydrogen) atoms. The smallest absolute Gasteiger partial charge is 0.188 e. The molecule has 0 amide bonds. The summed E-state index contributed by atoms with van der Waals surface area (Å²) in [5.41, 5.74) is 5.87. The lowest BCUT2D eigenvalue weighted by atomic mass is 10.2. The minimum Gasteiger partial charge on any atom is -0.367 e. The molecule has 0 bridgehead atoms. The molecule has 0 atom stereocenters. The van der Waals surface area contributed by atoms with Gasteiger partial charge < -0.3 is 10.7 Å². The van der Waals surface area contributed by atoms with Crippen molar-refractivity contribution >= 4 is 6.08 Å². The Bertz CT molecular complexity index is 301. The van der Waals surface area contributed by atoms with Crippen molar-refractivity contribution in [1.82, 2.24) is 4.98 Å². The second-order valence-electron chi connectivity index (χ2n) is 2.10. The van der Waals surface area contributed by atoms with E-state index in [4.69, 9.17) is 5.73 Å². The van der Waals surface area contributed by atoms with Crippen LogP contribution in [0.4, 0.5) is 0 Å². The van der Waals surface area contributed by atoms with Crippen LogP contribution in [0.5, 0.6) is 0 Å². The van der Waals surface area contributed by atoms with Gasteiger partial charge in [0.25, 0.3) is 0 Å². The molecule has 3 nitrogen and oxygen atoms in total. The molecule has 0 fully saturated rings.